The summed E-state index contributed by atoms with van der Waals surface area (Å²) in [6.45, 7) is 6.85. The van der Waals surface area contributed by atoms with Crippen molar-refractivity contribution in [3.8, 4) is 17.1 Å². The fourth-order valence-electron chi connectivity index (χ4n) is 2.88. The van der Waals surface area contributed by atoms with Gasteiger partial charge in [-0.15, -0.1) is 0 Å². The van der Waals surface area contributed by atoms with Crippen molar-refractivity contribution in [1.29, 1.82) is 0 Å². The Morgan fingerprint density at radius 3 is 2.45 bits per heavy atom. The number of hydrogen-bond acceptors (Lipinski definition) is 7. The Hall–Kier alpha value is -3.24. The molecule has 1 heterocycles. The molecule has 0 unspecified atom stereocenters. The Morgan fingerprint density at radius 2 is 1.84 bits per heavy atom. The Bertz CT molecular complexity index is 1210. The van der Waals surface area contributed by atoms with Crippen molar-refractivity contribution in [3.05, 3.63) is 53.9 Å². The van der Waals surface area contributed by atoms with Crippen LogP contribution in [0.2, 0.25) is 0 Å². The molecule has 0 fully saturated rings. The predicted molar refractivity (Wildman–Crippen MR) is 115 cm³/mol. The van der Waals surface area contributed by atoms with Crippen molar-refractivity contribution in [1.82, 2.24) is 14.9 Å². The van der Waals surface area contributed by atoms with Gasteiger partial charge in [0.25, 0.3) is 5.91 Å². The molecule has 0 saturated heterocycles. The zero-order valence-electron chi connectivity index (χ0n) is 17.9. The van der Waals surface area contributed by atoms with Gasteiger partial charge in [-0.2, -0.15) is 4.98 Å². The minimum Gasteiger partial charge on any atom is -0.495 e. The summed E-state index contributed by atoms with van der Waals surface area (Å²) in [7, 11) is -2.56. The Labute approximate surface area is 180 Å². The number of nitrogens with zero attached hydrogens (tertiary/aromatic N) is 2. The number of para-hydroxylation sites is 1. The van der Waals surface area contributed by atoms with E-state index in [1.165, 1.54) is 25.3 Å². The van der Waals surface area contributed by atoms with Crippen LogP contribution in [0.25, 0.3) is 11.4 Å². The molecule has 0 radical (unpaired) electrons. The lowest BCUT2D eigenvalue weighted by Gasteiger charge is -2.21. The fraction of sp³-hybridized carbons (Fsp3) is 0.286. The zero-order valence-corrected chi connectivity index (χ0v) is 18.7. The average Bonchev–Trinajstić information content (AvgIpc) is 3.12. The third kappa shape index (κ3) is 5.28. The first kappa shape index (κ1) is 22.4. The van der Waals surface area contributed by atoms with E-state index in [1.54, 1.807) is 52.0 Å². The lowest BCUT2D eigenvalue weighted by Crippen LogP contribution is -2.40. The molecule has 0 aliphatic rings. The molecule has 9 nitrogen and oxygen atoms in total. The number of nitrogens with one attached hydrogen (secondary N) is 2. The van der Waals surface area contributed by atoms with Gasteiger partial charge < -0.3 is 14.6 Å². The van der Waals surface area contributed by atoms with E-state index >= 15 is 0 Å². The number of sulfonamides is 1. The van der Waals surface area contributed by atoms with E-state index in [2.05, 4.69) is 20.2 Å². The number of carbonyl (C=O) groups excluding carboxylic acids is 1. The van der Waals surface area contributed by atoms with E-state index in [4.69, 9.17) is 9.26 Å². The molecular weight excluding hydrogens is 420 g/mol. The topological polar surface area (TPSA) is 123 Å². The van der Waals surface area contributed by atoms with Gasteiger partial charge in [0.2, 0.25) is 21.7 Å². The molecule has 0 saturated carbocycles. The molecule has 0 atom stereocenters. The van der Waals surface area contributed by atoms with Crippen LogP contribution in [-0.2, 0) is 10.0 Å². The van der Waals surface area contributed by atoms with E-state index in [1.807, 2.05) is 0 Å². The summed E-state index contributed by atoms with van der Waals surface area (Å²) in [5, 5.41) is 6.67. The summed E-state index contributed by atoms with van der Waals surface area (Å²) >= 11 is 0. The normalized spacial score (nSPS) is 11.9. The number of aryl methyl sites for hydroxylation is 1. The molecule has 164 valence electrons. The van der Waals surface area contributed by atoms with E-state index in [9.17, 15) is 13.2 Å². The van der Waals surface area contributed by atoms with Crippen molar-refractivity contribution in [2.24, 2.45) is 0 Å². The Kier molecular flexibility index (Phi) is 6.14. The highest BCUT2D eigenvalue weighted by molar-refractivity contribution is 7.89. The number of benzene rings is 2. The number of hydrogen-bond donors (Lipinski definition) is 2. The first-order chi connectivity index (χ1) is 14.5. The van der Waals surface area contributed by atoms with Crippen LogP contribution in [0.1, 0.15) is 37.0 Å². The number of amides is 1. The quantitative estimate of drug-likeness (QED) is 0.597. The lowest BCUT2D eigenvalue weighted by molar-refractivity contribution is 0.102. The third-order valence-electron chi connectivity index (χ3n) is 4.10. The van der Waals surface area contributed by atoms with Crippen LogP contribution in [0.4, 0.5) is 5.69 Å². The fourth-order valence-corrected chi connectivity index (χ4v) is 4.49. The largest absolute Gasteiger partial charge is 0.495 e. The van der Waals surface area contributed by atoms with Crippen molar-refractivity contribution in [2.75, 3.05) is 12.4 Å². The number of carbonyl (C=O) groups is 1. The summed E-state index contributed by atoms with van der Waals surface area (Å²) in [5.41, 5.74) is 0.475. The second-order valence-corrected chi connectivity index (χ2v) is 9.51. The van der Waals surface area contributed by atoms with Crippen LogP contribution in [-0.4, -0.2) is 37.1 Å². The van der Waals surface area contributed by atoms with Crippen LogP contribution < -0.4 is 14.8 Å². The Balaban J connectivity index is 1.96. The van der Waals surface area contributed by atoms with Gasteiger partial charge in [0.1, 0.15) is 10.6 Å². The first-order valence-corrected chi connectivity index (χ1v) is 10.9. The summed E-state index contributed by atoms with van der Waals surface area (Å²) in [6.07, 6.45) is 0. The summed E-state index contributed by atoms with van der Waals surface area (Å²) in [5.74, 6) is 0.367. The SMILES string of the molecule is COc1ccc(C(=O)Nc2ccccc2-c2noc(C)n2)cc1S(=O)(=O)NC(C)(C)C. The van der Waals surface area contributed by atoms with Crippen LogP contribution in [0.15, 0.2) is 51.9 Å². The van der Waals surface area contributed by atoms with Gasteiger partial charge in [0, 0.05) is 23.6 Å². The van der Waals surface area contributed by atoms with Gasteiger partial charge in [-0.1, -0.05) is 17.3 Å². The van der Waals surface area contributed by atoms with E-state index in [0.29, 0.717) is 23.0 Å². The summed E-state index contributed by atoms with van der Waals surface area (Å²) in [6, 6.07) is 11.2. The van der Waals surface area contributed by atoms with Crippen LogP contribution >= 0.6 is 0 Å². The molecule has 2 N–H and O–H groups in total. The maximum Gasteiger partial charge on any atom is 0.255 e. The van der Waals surface area contributed by atoms with Crippen LogP contribution in [0.5, 0.6) is 5.75 Å². The molecule has 0 spiro atoms. The van der Waals surface area contributed by atoms with E-state index in [-0.39, 0.29) is 16.2 Å². The van der Waals surface area contributed by atoms with Gasteiger partial charge in [-0.3, -0.25) is 4.79 Å². The molecule has 2 aromatic carbocycles. The number of rotatable bonds is 6. The van der Waals surface area contributed by atoms with Crippen molar-refractivity contribution >= 4 is 21.6 Å². The predicted octanol–water partition coefficient (Wildman–Crippen LogP) is 3.38. The molecule has 10 heteroatoms. The second-order valence-electron chi connectivity index (χ2n) is 7.86. The third-order valence-corrected chi connectivity index (χ3v) is 5.88. The highest BCUT2D eigenvalue weighted by Gasteiger charge is 2.26. The molecule has 1 aromatic heterocycles. The molecule has 0 aliphatic carbocycles. The maximum atomic E-state index is 12.9. The average molecular weight is 445 g/mol. The number of ether oxygens (including phenoxy) is 1. The summed E-state index contributed by atoms with van der Waals surface area (Å²) in [4.78, 5) is 17.0. The molecule has 31 heavy (non-hydrogen) atoms. The highest BCUT2D eigenvalue weighted by Crippen LogP contribution is 2.28. The van der Waals surface area contributed by atoms with Crippen LogP contribution in [0.3, 0.4) is 0 Å². The molecule has 1 amide bonds. The standard InChI is InChI=1S/C21H24N4O5S/c1-13-22-19(24-30-13)15-8-6-7-9-16(15)23-20(26)14-10-11-17(29-5)18(12-14)31(27,28)25-21(2,3)4/h6-12,25H,1-5H3,(H,23,26). The van der Waals surface area contributed by atoms with E-state index in [0.717, 1.165) is 0 Å². The minimum absolute atomic E-state index is 0.125. The zero-order chi connectivity index (χ0) is 22.8. The molecule has 3 rings (SSSR count). The number of anilines is 1. The van der Waals surface area contributed by atoms with Gasteiger partial charge in [-0.25, -0.2) is 13.1 Å². The van der Waals surface area contributed by atoms with Crippen molar-refractivity contribution in [3.63, 3.8) is 0 Å². The van der Waals surface area contributed by atoms with Gasteiger partial charge in [0.05, 0.1) is 12.8 Å². The van der Waals surface area contributed by atoms with Gasteiger partial charge in [-0.05, 0) is 51.1 Å². The highest BCUT2D eigenvalue weighted by atomic mass is 32.2. The van der Waals surface area contributed by atoms with E-state index < -0.39 is 21.5 Å². The molecular formula is C21H24N4O5S. The second kappa shape index (κ2) is 8.48. The Morgan fingerprint density at radius 1 is 1.13 bits per heavy atom. The molecule has 0 aliphatic heterocycles. The molecule has 0 bridgehead atoms. The van der Waals surface area contributed by atoms with Crippen molar-refractivity contribution in [2.45, 2.75) is 38.1 Å². The van der Waals surface area contributed by atoms with Gasteiger partial charge in [0.15, 0.2) is 0 Å². The monoisotopic (exact) mass is 444 g/mol. The van der Waals surface area contributed by atoms with Crippen molar-refractivity contribution < 1.29 is 22.5 Å². The first-order valence-electron chi connectivity index (χ1n) is 9.43. The molecule has 3 aromatic rings. The lowest BCUT2D eigenvalue weighted by atomic mass is 10.1. The van der Waals surface area contributed by atoms with Crippen LogP contribution in [0, 0.1) is 6.92 Å². The maximum absolute atomic E-state index is 12.9. The summed E-state index contributed by atoms with van der Waals surface area (Å²) < 4.78 is 38.5. The number of methoxy groups -OCH3 is 1. The number of aromatic nitrogens is 2. The van der Waals surface area contributed by atoms with Gasteiger partial charge >= 0.3 is 0 Å². The smallest absolute Gasteiger partial charge is 0.255 e. The minimum atomic E-state index is -3.93.